The van der Waals surface area contributed by atoms with E-state index in [0.717, 1.165) is 5.56 Å². The molecule has 0 aliphatic rings. The number of carbonyl (C=O) groups is 1. The van der Waals surface area contributed by atoms with Crippen molar-refractivity contribution in [1.82, 2.24) is 10.1 Å². The summed E-state index contributed by atoms with van der Waals surface area (Å²) in [5, 5.41) is 7.95. The summed E-state index contributed by atoms with van der Waals surface area (Å²) in [6, 6.07) is 14.0. The monoisotopic (exact) mass is 361 g/mol. The summed E-state index contributed by atoms with van der Waals surface area (Å²) in [4.78, 5) is 16.2. The maximum Gasteiger partial charge on any atom is 0.227 e. The van der Waals surface area contributed by atoms with Gasteiger partial charge in [-0.3, -0.25) is 4.79 Å². The van der Waals surface area contributed by atoms with Crippen molar-refractivity contribution in [3.63, 3.8) is 0 Å². The number of aryl methyl sites for hydroxylation is 1. The van der Waals surface area contributed by atoms with Crippen LogP contribution in [-0.2, 0) is 11.2 Å². The molecule has 1 amide bonds. The first-order valence-corrected chi connectivity index (χ1v) is 8.00. The molecule has 24 heavy (non-hydrogen) atoms. The zero-order valence-electron chi connectivity index (χ0n) is 12.5. The molecule has 1 heterocycles. The topological polar surface area (TPSA) is 68.0 Å². The minimum atomic E-state index is -0.136. The average molecular weight is 362 g/mol. The average Bonchev–Trinajstić information content (AvgIpc) is 3.05. The Kier molecular flexibility index (Phi) is 5.13. The Morgan fingerprint density at radius 1 is 1.00 bits per heavy atom. The number of anilines is 1. The molecular weight excluding hydrogens is 349 g/mol. The van der Waals surface area contributed by atoms with Gasteiger partial charge in [-0.25, -0.2) is 0 Å². The SMILES string of the molecule is O=C(CCc1nc(-c2ccc(Cl)cc2)no1)Nc1ccc(Cl)cc1. The zero-order chi connectivity index (χ0) is 16.9. The van der Waals surface area contributed by atoms with Crippen molar-refractivity contribution in [2.75, 3.05) is 5.32 Å². The molecule has 1 N–H and O–H groups in total. The Morgan fingerprint density at radius 2 is 1.62 bits per heavy atom. The van der Waals surface area contributed by atoms with Crippen LogP contribution in [0.5, 0.6) is 0 Å². The van der Waals surface area contributed by atoms with Gasteiger partial charge in [-0.15, -0.1) is 0 Å². The fourth-order valence-electron chi connectivity index (χ4n) is 2.05. The van der Waals surface area contributed by atoms with E-state index >= 15 is 0 Å². The lowest BCUT2D eigenvalue weighted by Gasteiger charge is -2.03. The fraction of sp³-hybridized carbons (Fsp3) is 0.118. The van der Waals surface area contributed by atoms with Gasteiger partial charge in [0.25, 0.3) is 0 Å². The summed E-state index contributed by atoms with van der Waals surface area (Å²) in [6.07, 6.45) is 0.602. The Bertz CT molecular complexity index is 830. The van der Waals surface area contributed by atoms with Crippen molar-refractivity contribution < 1.29 is 9.32 Å². The summed E-state index contributed by atoms with van der Waals surface area (Å²) >= 11 is 11.7. The van der Waals surface area contributed by atoms with Gasteiger partial charge in [-0.2, -0.15) is 4.98 Å². The highest BCUT2D eigenvalue weighted by atomic mass is 35.5. The Labute approximate surface area is 148 Å². The van der Waals surface area contributed by atoms with Gasteiger partial charge in [0.15, 0.2) is 0 Å². The van der Waals surface area contributed by atoms with Gasteiger partial charge in [0.05, 0.1) is 0 Å². The van der Waals surface area contributed by atoms with Gasteiger partial charge in [-0.1, -0.05) is 28.4 Å². The van der Waals surface area contributed by atoms with Gasteiger partial charge in [0, 0.05) is 34.1 Å². The maximum atomic E-state index is 11.9. The highest BCUT2D eigenvalue weighted by Crippen LogP contribution is 2.19. The van der Waals surface area contributed by atoms with Crippen LogP contribution in [0.3, 0.4) is 0 Å². The zero-order valence-corrected chi connectivity index (χ0v) is 14.0. The van der Waals surface area contributed by atoms with Crippen LogP contribution in [0.25, 0.3) is 11.4 Å². The number of rotatable bonds is 5. The number of amides is 1. The van der Waals surface area contributed by atoms with Crippen LogP contribution in [0.1, 0.15) is 12.3 Å². The molecule has 0 aliphatic carbocycles. The van der Waals surface area contributed by atoms with E-state index in [4.69, 9.17) is 27.7 Å². The van der Waals surface area contributed by atoms with E-state index < -0.39 is 0 Å². The molecule has 1 aromatic heterocycles. The van der Waals surface area contributed by atoms with Crippen molar-refractivity contribution in [3.8, 4) is 11.4 Å². The summed E-state index contributed by atoms with van der Waals surface area (Å²) in [5.41, 5.74) is 1.50. The van der Waals surface area contributed by atoms with Crippen LogP contribution in [0.2, 0.25) is 10.0 Å². The first-order chi connectivity index (χ1) is 11.6. The van der Waals surface area contributed by atoms with Gasteiger partial charge < -0.3 is 9.84 Å². The fourth-order valence-corrected chi connectivity index (χ4v) is 2.30. The molecule has 122 valence electrons. The third-order valence-corrected chi connectivity index (χ3v) is 3.77. The van der Waals surface area contributed by atoms with Crippen molar-refractivity contribution in [2.24, 2.45) is 0 Å². The van der Waals surface area contributed by atoms with Crippen LogP contribution in [0, 0.1) is 0 Å². The quantitative estimate of drug-likeness (QED) is 0.719. The second-order valence-electron chi connectivity index (χ2n) is 5.07. The molecule has 5 nitrogen and oxygen atoms in total. The maximum absolute atomic E-state index is 11.9. The summed E-state index contributed by atoms with van der Waals surface area (Å²) in [7, 11) is 0. The highest BCUT2D eigenvalue weighted by Gasteiger charge is 2.11. The number of nitrogens with zero attached hydrogens (tertiary/aromatic N) is 2. The summed E-state index contributed by atoms with van der Waals surface area (Å²) < 4.78 is 5.17. The molecule has 0 bridgehead atoms. The van der Waals surface area contributed by atoms with E-state index in [9.17, 15) is 4.79 Å². The van der Waals surface area contributed by atoms with Gasteiger partial charge >= 0.3 is 0 Å². The van der Waals surface area contributed by atoms with Crippen molar-refractivity contribution in [1.29, 1.82) is 0 Å². The minimum Gasteiger partial charge on any atom is -0.339 e. The first-order valence-electron chi connectivity index (χ1n) is 7.24. The molecule has 0 radical (unpaired) electrons. The molecule has 0 fully saturated rings. The van der Waals surface area contributed by atoms with Crippen molar-refractivity contribution >= 4 is 34.8 Å². The predicted octanol–water partition coefficient (Wildman–Crippen LogP) is 4.61. The second-order valence-corrected chi connectivity index (χ2v) is 5.95. The number of hydrogen-bond donors (Lipinski definition) is 1. The third-order valence-electron chi connectivity index (χ3n) is 3.26. The van der Waals surface area contributed by atoms with E-state index in [0.29, 0.717) is 33.9 Å². The lowest BCUT2D eigenvalue weighted by Crippen LogP contribution is -2.12. The van der Waals surface area contributed by atoms with Crippen LogP contribution in [0.4, 0.5) is 5.69 Å². The molecule has 0 unspecified atom stereocenters. The Balaban J connectivity index is 1.56. The number of hydrogen-bond acceptors (Lipinski definition) is 4. The van der Waals surface area contributed by atoms with Crippen LogP contribution >= 0.6 is 23.2 Å². The third kappa shape index (κ3) is 4.34. The minimum absolute atomic E-state index is 0.136. The normalized spacial score (nSPS) is 10.6. The number of benzene rings is 2. The number of carbonyl (C=O) groups excluding carboxylic acids is 1. The lowest BCUT2D eigenvalue weighted by atomic mass is 10.2. The smallest absolute Gasteiger partial charge is 0.227 e. The molecule has 0 saturated carbocycles. The van der Waals surface area contributed by atoms with E-state index in [1.54, 1.807) is 36.4 Å². The first kappa shape index (κ1) is 16.5. The Hall–Kier alpha value is -2.37. The molecule has 0 atom stereocenters. The molecule has 0 spiro atoms. The standard InChI is InChI=1S/C17H13Cl2N3O2/c18-12-3-1-11(2-4-12)17-21-16(24-22-17)10-9-15(23)20-14-7-5-13(19)6-8-14/h1-8H,9-10H2,(H,20,23). The second kappa shape index (κ2) is 7.47. The summed E-state index contributed by atoms with van der Waals surface area (Å²) in [6.45, 7) is 0. The van der Waals surface area contributed by atoms with Crippen molar-refractivity contribution in [2.45, 2.75) is 12.8 Å². The molecule has 2 aromatic carbocycles. The largest absolute Gasteiger partial charge is 0.339 e. The number of aromatic nitrogens is 2. The highest BCUT2D eigenvalue weighted by molar-refractivity contribution is 6.30. The van der Waals surface area contributed by atoms with Gasteiger partial charge in [-0.05, 0) is 48.5 Å². The van der Waals surface area contributed by atoms with Crippen LogP contribution < -0.4 is 5.32 Å². The Morgan fingerprint density at radius 3 is 2.29 bits per heavy atom. The number of nitrogens with one attached hydrogen (secondary N) is 1. The molecule has 0 aliphatic heterocycles. The lowest BCUT2D eigenvalue weighted by molar-refractivity contribution is -0.116. The van der Waals surface area contributed by atoms with Crippen LogP contribution in [0.15, 0.2) is 53.1 Å². The predicted molar refractivity (Wildman–Crippen MR) is 93.1 cm³/mol. The van der Waals surface area contributed by atoms with E-state index in [1.165, 1.54) is 0 Å². The van der Waals surface area contributed by atoms with Gasteiger partial charge in [0.1, 0.15) is 0 Å². The van der Waals surface area contributed by atoms with E-state index in [-0.39, 0.29) is 12.3 Å². The molecule has 3 rings (SSSR count). The molecule has 3 aromatic rings. The van der Waals surface area contributed by atoms with Gasteiger partial charge in [0.2, 0.25) is 17.6 Å². The van der Waals surface area contributed by atoms with E-state index in [2.05, 4.69) is 15.5 Å². The molecular formula is C17H13Cl2N3O2. The van der Waals surface area contributed by atoms with Crippen LogP contribution in [-0.4, -0.2) is 16.0 Å². The number of halogens is 2. The van der Waals surface area contributed by atoms with Crippen molar-refractivity contribution in [3.05, 3.63) is 64.5 Å². The molecule has 0 saturated heterocycles. The summed E-state index contributed by atoms with van der Waals surface area (Å²) in [5.74, 6) is 0.745. The molecule has 7 heteroatoms. The van der Waals surface area contributed by atoms with E-state index in [1.807, 2.05) is 12.1 Å².